The van der Waals surface area contributed by atoms with Crippen LogP contribution in [0.3, 0.4) is 0 Å². The summed E-state index contributed by atoms with van der Waals surface area (Å²) in [5, 5.41) is 12.9. The van der Waals surface area contributed by atoms with Crippen molar-refractivity contribution in [2.75, 3.05) is 0 Å². The van der Waals surface area contributed by atoms with Gasteiger partial charge in [0.15, 0.2) is 0 Å². The normalized spacial score (nSPS) is 10.7. The molecular formula is C15H17ClFN3O2. The maximum atomic E-state index is 13.1. The molecule has 1 aromatic carbocycles. The molecule has 0 bridgehead atoms. The minimum absolute atomic E-state index is 0.104. The van der Waals surface area contributed by atoms with Crippen LogP contribution in [-0.4, -0.2) is 20.9 Å². The topological polar surface area (TPSA) is 67.2 Å². The van der Waals surface area contributed by atoms with Crippen molar-refractivity contribution in [1.82, 2.24) is 15.3 Å². The van der Waals surface area contributed by atoms with Gasteiger partial charge in [-0.1, -0.05) is 17.7 Å². The minimum atomic E-state index is -0.432. The number of aromatic nitrogens is 2. The van der Waals surface area contributed by atoms with Crippen LogP contribution in [-0.2, 0) is 17.8 Å². The van der Waals surface area contributed by atoms with Crippen molar-refractivity contribution < 1.29 is 14.4 Å². The molecule has 2 rings (SSSR count). The number of nitrogens with one attached hydrogen (secondary N) is 1. The van der Waals surface area contributed by atoms with Gasteiger partial charge in [0.05, 0.1) is 17.3 Å². The lowest BCUT2D eigenvalue weighted by Crippen LogP contribution is -2.17. The van der Waals surface area contributed by atoms with Gasteiger partial charge in [-0.25, -0.2) is 9.87 Å². The molecule has 2 N–H and O–H groups in total. The number of halogens is 2. The van der Waals surface area contributed by atoms with Crippen molar-refractivity contribution in [1.29, 1.82) is 0 Å². The molecule has 1 heterocycles. The first kappa shape index (κ1) is 16.5. The van der Waals surface area contributed by atoms with E-state index in [-0.39, 0.29) is 10.9 Å². The Balaban J connectivity index is 1.83. The zero-order valence-corrected chi connectivity index (χ0v) is 12.7. The van der Waals surface area contributed by atoms with E-state index in [2.05, 4.69) is 5.10 Å². The molecule has 0 saturated carbocycles. The average molecular weight is 326 g/mol. The molecule has 0 aliphatic heterocycles. The summed E-state index contributed by atoms with van der Waals surface area (Å²) in [5.41, 5.74) is 3.41. The Labute approximate surface area is 132 Å². The number of aryl methyl sites for hydroxylation is 1. The van der Waals surface area contributed by atoms with E-state index in [1.807, 2.05) is 12.3 Å². The third kappa shape index (κ3) is 4.82. The van der Waals surface area contributed by atoms with Gasteiger partial charge in [0.1, 0.15) is 5.82 Å². The van der Waals surface area contributed by atoms with Crippen LogP contribution in [0.25, 0.3) is 0 Å². The molecule has 0 fully saturated rings. The van der Waals surface area contributed by atoms with E-state index in [1.54, 1.807) is 22.3 Å². The van der Waals surface area contributed by atoms with E-state index in [9.17, 15) is 9.18 Å². The first-order chi connectivity index (χ1) is 10.6. The lowest BCUT2D eigenvalue weighted by atomic mass is 10.1. The van der Waals surface area contributed by atoms with Gasteiger partial charge in [-0.3, -0.25) is 14.7 Å². The Morgan fingerprint density at radius 2 is 2.18 bits per heavy atom. The van der Waals surface area contributed by atoms with E-state index in [1.165, 1.54) is 6.07 Å². The number of carbonyl (C=O) groups is 1. The SMILES string of the molecule is O=C(CCCCc1ccn(Cc2ccc(F)c(Cl)c2)n1)NO. The molecule has 118 valence electrons. The molecule has 0 unspecified atom stereocenters. The smallest absolute Gasteiger partial charge is 0.243 e. The second-order valence-corrected chi connectivity index (χ2v) is 5.40. The lowest BCUT2D eigenvalue weighted by Gasteiger charge is -2.03. The van der Waals surface area contributed by atoms with Crippen LogP contribution in [0.5, 0.6) is 0 Å². The maximum Gasteiger partial charge on any atom is 0.243 e. The summed E-state index contributed by atoms with van der Waals surface area (Å²) in [4.78, 5) is 10.9. The molecule has 0 aliphatic rings. The number of benzene rings is 1. The van der Waals surface area contributed by atoms with Crippen LogP contribution in [0, 0.1) is 5.82 Å². The van der Waals surface area contributed by atoms with Crippen LogP contribution in [0.1, 0.15) is 30.5 Å². The zero-order valence-electron chi connectivity index (χ0n) is 11.9. The second kappa shape index (κ2) is 7.91. The zero-order chi connectivity index (χ0) is 15.9. The fourth-order valence-corrected chi connectivity index (χ4v) is 2.30. The Morgan fingerprint density at radius 3 is 2.91 bits per heavy atom. The highest BCUT2D eigenvalue weighted by atomic mass is 35.5. The van der Waals surface area contributed by atoms with E-state index < -0.39 is 5.82 Å². The number of carbonyl (C=O) groups excluding carboxylic acids is 1. The summed E-state index contributed by atoms with van der Waals surface area (Å²) in [5.74, 6) is -0.808. The molecule has 0 aliphatic carbocycles. The quantitative estimate of drug-likeness (QED) is 0.467. The predicted octanol–water partition coefficient (Wildman–Crippen LogP) is 2.94. The lowest BCUT2D eigenvalue weighted by molar-refractivity contribution is -0.129. The van der Waals surface area contributed by atoms with E-state index >= 15 is 0 Å². The molecule has 5 nitrogen and oxygen atoms in total. The van der Waals surface area contributed by atoms with Crippen molar-refractivity contribution in [2.24, 2.45) is 0 Å². The molecule has 0 saturated heterocycles. The third-order valence-corrected chi connectivity index (χ3v) is 3.53. The molecule has 1 aromatic heterocycles. The first-order valence-electron chi connectivity index (χ1n) is 6.97. The Morgan fingerprint density at radius 1 is 1.36 bits per heavy atom. The molecule has 0 spiro atoms. The van der Waals surface area contributed by atoms with Crippen LogP contribution >= 0.6 is 11.6 Å². The Kier molecular flexibility index (Phi) is 5.91. The fraction of sp³-hybridized carbons (Fsp3) is 0.333. The van der Waals surface area contributed by atoms with E-state index in [0.29, 0.717) is 19.4 Å². The number of rotatable bonds is 7. The highest BCUT2D eigenvalue weighted by Crippen LogP contribution is 2.16. The molecule has 1 amide bonds. The summed E-state index contributed by atoms with van der Waals surface area (Å²) in [6, 6.07) is 6.52. The van der Waals surface area contributed by atoms with Gasteiger partial charge in [0.25, 0.3) is 0 Å². The summed E-state index contributed by atoms with van der Waals surface area (Å²) in [6.45, 7) is 0.521. The van der Waals surface area contributed by atoms with Crippen molar-refractivity contribution >= 4 is 17.5 Å². The van der Waals surface area contributed by atoms with Crippen molar-refractivity contribution in [3.8, 4) is 0 Å². The maximum absolute atomic E-state index is 13.1. The third-order valence-electron chi connectivity index (χ3n) is 3.24. The van der Waals surface area contributed by atoms with E-state index in [0.717, 1.165) is 24.1 Å². The van der Waals surface area contributed by atoms with Gasteiger partial charge in [-0.05, 0) is 43.0 Å². The fourth-order valence-electron chi connectivity index (χ4n) is 2.10. The van der Waals surface area contributed by atoms with Gasteiger partial charge in [-0.15, -0.1) is 0 Å². The van der Waals surface area contributed by atoms with Crippen molar-refractivity contribution in [3.05, 3.63) is 52.6 Å². The highest BCUT2D eigenvalue weighted by molar-refractivity contribution is 6.30. The second-order valence-electron chi connectivity index (χ2n) is 5.00. The van der Waals surface area contributed by atoms with Crippen molar-refractivity contribution in [2.45, 2.75) is 32.2 Å². The standard InChI is InChI=1S/C15H17ClFN3O2/c16-13-9-11(5-6-14(13)17)10-20-8-7-12(18-20)3-1-2-4-15(21)19-22/h5-9,22H,1-4,10H2,(H,19,21). The Hall–Kier alpha value is -1.92. The summed E-state index contributed by atoms with van der Waals surface area (Å²) in [7, 11) is 0. The Bertz CT molecular complexity index is 645. The van der Waals surface area contributed by atoms with Crippen LogP contribution in [0.15, 0.2) is 30.5 Å². The molecule has 2 aromatic rings. The van der Waals surface area contributed by atoms with Crippen LogP contribution in [0.4, 0.5) is 4.39 Å². The first-order valence-corrected chi connectivity index (χ1v) is 7.35. The minimum Gasteiger partial charge on any atom is -0.289 e. The van der Waals surface area contributed by atoms with Gasteiger partial charge in [-0.2, -0.15) is 5.10 Å². The number of amides is 1. The van der Waals surface area contributed by atoms with Gasteiger partial charge in [0, 0.05) is 12.6 Å². The molecule has 0 atom stereocenters. The summed E-state index contributed by atoms with van der Waals surface area (Å²) < 4.78 is 14.9. The summed E-state index contributed by atoms with van der Waals surface area (Å²) in [6.07, 6.45) is 4.41. The largest absolute Gasteiger partial charge is 0.289 e. The molecule has 7 heteroatoms. The highest BCUT2D eigenvalue weighted by Gasteiger charge is 2.04. The van der Waals surface area contributed by atoms with E-state index in [4.69, 9.17) is 16.8 Å². The molecular weight excluding hydrogens is 309 g/mol. The van der Waals surface area contributed by atoms with Crippen molar-refractivity contribution in [3.63, 3.8) is 0 Å². The number of hydrogen-bond acceptors (Lipinski definition) is 3. The van der Waals surface area contributed by atoms with Gasteiger partial charge in [0.2, 0.25) is 5.91 Å². The van der Waals surface area contributed by atoms with Gasteiger partial charge < -0.3 is 0 Å². The number of hydroxylamine groups is 1. The molecule has 0 radical (unpaired) electrons. The summed E-state index contributed by atoms with van der Waals surface area (Å²) >= 11 is 5.75. The predicted molar refractivity (Wildman–Crippen MR) is 80.2 cm³/mol. The van der Waals surface area contributed by atoms with Crippen LogP contribution < -0.4 is 5.48 Å². The number of hydrogen-bond donors (Lipinski definition) is 2. The van der Waals surface area contributed by atoms with Crippen LogP contribution in [0.2, 0.25) is 5.02 Å². The number of nitrogens with zero attached hydrogens (tertiary/aromatic N) is 2. The monoisotopic (exact) mass is 325 g/mol. The van der Waals surface area contributed by atoms with Gasteiger partial charge >= 0.3 is 0 Å². The number of unbranched alkanes of at least 4 members (excludes halogenated alkanes) is 1. The molecule has 22 heavy (non-hydrogen) atoms. The average Bonchev–Trinajstić information content (AvgIpc) is 2.94.